The van der Waals surface area contributed by atoms with Crippen LogP contribution in [0.2, 0.25) is 0 Å². The summed E-state index contributed by atoms with van der Waals surface area (Å²) in [5.41, 5.74) is 0. The van der Waals surface area contributed by atoms with Gasteiger partial charge in [-0.25, -0.2) is 0 Å². The Labute approximate surface area is 60.6 Å². The third-order valence-corrected chi connectivity index (χ3v) is 2.00. The predicted molar refractivity (Wildman–Crippen MR) is 37.7 cm³/mol. The molecule has 1 unspecified atom stereocenters. The first-order valence-electron chi connectivity index (χ1n) is 3.50. The number of aliphatic hydroxyl groups is 1. The summed E-state index contributed by atoms with van der Waals surface area (Å²) >= 11 is 0. The van der Waals surface area contributed by atoms with Crippen LogP contribution in [0.15, 0.2) is 0 Å². The molecule has 2 atom stereocenters. The molecule has 3 heteroatoms. The quantitative estimate of drug-likeness (QED) is 0.545. The summed E-state index contributed by atoms with van der Waals surface area (Å²) in [4.78, 5) is 12.7. The number of aliphatic hydroxyl groups excluding tert-OH is 1. The second kappa shape index (κ2) is 2.68. The normalized spacial score (nSPS) is 34.7. The molecule has 0 aromatic carbocycles. The molecule has 58 valence electrons. The molecule has 0 bridgehead atoms. The van der Waals surface area contributed by atoms with Gasteiger partial charge >= 0.3 is 0 Å². The summed E-state index contributed by atoms with van der Waals surface area (Å²) in [6, 6.07) is -0.0463. The Bertz CT molecular complexity index is 147. The van der Waals surface area contributed by atoms with Crippen LogP contribution in [-0.4, -0.2) is 41.5 Å². The minimum absolute atomic E-state index is 0.0463. The van der Waals surface area contributed by atoms with Crippen molar-refractivity contribution in [1.29, 1.82) is 0 Å². The number of carbonyl (C=O) groups is 1. The zero-order valence-corrected chi connectivity index (χ0v) is 6.37. The van der Waals surface area contributed by atoms with Crippen LogP contribution in [0.3, 0.4) is 0 Å². The van der Waals surface area contributed by atoms with Gasteiger partial charge in [-0.15, -0.1) is 0 Å². The molecule has 0 radical (unpaired) electrons. The SMILES string of the molecule is CC(=O)C1C[C@@H](O)CN1C. The highest BCUT2D eigenvalue weighted by molar-refractivity contribution is 5.81. The van der Waals surface area contributed by atoms with E-state index in [0.717, 1.165) is 0 Å². The fraction of sp³-hybridized carbons (Fsp3) is 0.857. The number of carbonyl (C=O) groups excluding carboxylic acids is 1. The first-order chi connectivity index (χ1) is 4.61. The molecular weight excluding hydrogens is 130 g/mol. The van der Waals surface area contributed by atoms with Gasteiger partial charge in [0, 0.05) is 6.54 Å². The predicted octanol–water partition coefficient (Wildman–Crippen LogP) is -0.360. The zero-order valence-electron chi connectivity index (χ0n) is 6.37. The van der Waals surface area contributed by atoms with Crippen molar-refractivity contribution in [3.63, 3.8) is 0 Å². The van der Waals surface area contributed by atoms with Crippen LogP contribution in [0.5, 0.6) is 0 Å². The molecule has 1 saturated heterocycles. The molecule has 1 fully saturated rings. The first-order valence-corrected chi connectivity index (χ1v) is 3.50. The number of hydrogen-bond donors (Lipinski definition) is 1. The van der Waals surface area contributed by atoms with Gasteiger partial charge in [-0.05, 0) is 20.4 Å². The van der Waals surface area contributed by atoms with Crippen molar-refractivity contribution in [2.45, 2.75) is 25.5 Å². The van der Waals surface area contributed by atoms with E-state index in [9.17, 15) is 4.79 Å². The van der Waals surface area contributed by atoms with Crippen LogP contribution in [0.4, 0.5) is 0 Å². The van der Waals surface area contributed by atoms with Gasteiger partial charge in [-0.2, -0.15) is 0 Å². The van der Waals surface area contributed by atoms with E-state index in [-0.39, 0.29) is 17.9 Å². The van der Waals surface area contributed by atoms with Crippen molar-refractivity contribution >= 4 is 5.78 Å². The van der Waals surface area contributed by atoms with Crippen LogP contribution in [0.25, 0.3) is 0 Å². The Hall–Kier alpha value is -0.410. The lowest BCUT2D eigenvalue weighted by molar-refractivity contribution is -0.120. The molecular formula is C7H13NO2. The van der Waals surface area contributed by atoms with Gasteiger partial charge in [0.15, 0.2) is 0 Å². The first kappa shape index (κ1) is 7.69. The molecule has 1 aliphatic rings. The maximum atomic E-state index is 10.8. The van der Waals surface area contributed by atoms with Crippen molar-refractivity contribution < 1.29 is 9.90 Å². The Balaban J connectivity index is 2.54. The van der Waals surface area contributed by atoms with E-state index >= 15 is 0 Å². The Morgan fingerprint density at radius 1 is 1.70 bits per heavy atom. The molecule has 0 aliphatic carbocycles. The standard InChI is InChI=1S/C7H13NO2/c1-5(9)7-3-6(10)4-8(7)2/h6-7,10H,3-4H2,1-2H3/t6-,7?/m1/s1. The van der Waals surface area contributed by atoms with Crippen LogP contribution in [-0.2, 0) is 4.79 Å². The Morgan fingerprint density at radius 3 is 2.50 bits per heavy atom. The van der Waals surface area contributed by atoms with Gasteiger partial charge in [-0.3, -0.25) is 9.69 Å². The molecule has 1 aliphatic heterocycles. The fourth-order valence-electron chi connectivity index (χ4n) is 1.45. The van der Waals surface area contributed by atoms with Crippen LogP contribution < -0.4 is 0 Å². The average Bonchev–Trinajstić information content (AvgIpc) is 2.10. The topological polar surface area (TPSA) is 40.5 Å². The van der Waals surface area contributed by atoms with E-state index < -0.39 is 0 Å². The van der Waals surface area contributed by atoms with E-state index in [2.05, 4.69) is 0 Å². The van der Waals surface area contributed by atoms with Gasteiger partial charge < -0.3 is 5.11 Å². The average molecular weight is 143 g/mol. The maximum absolute atomic E-state index is 10.8. The fourth-order valence-corrected chi connectivity index (χ4v) is 1.45. The lowest BCUT2D eigenvalue weighted by Gasteiger charge is -2.14. The van der Waals surface area contributed by atoms with Crippen molar-refractivity contribution in [1.82, 2.24) is 4.90 Å². The molecule has 1 N–H and O–H groups in total. The lowest BCUT2D eigenvalue weighted by atomic mass is 10.1. The van der Waals surface area contributed by atoms with E-state index in [1.54, 1.807) is 6.92 Å². The number of nitrogens with zero attached hydrogens (tertiary/aromatic N) is 1. The van der Waals surface area contributed by atoms with Gasteiger partial charge in [0.25, 0.3) is 0 Å². The van der Waals surface area contributed by atoms with Crippen molar-refractivity contribution in [3.05, 3.63) is 0 Å². The minimum atomic E-state index is -0.307. The number of hydrogen-bond acceptors (Lipinski definition) is 3. The van der Waals surface area contributed by atoms with E-state index in [0.29, 0.717) is 13.0 Å². The third kappa shape index (κ3) is 1.36. The van der Waals surface area contributed by atoms with E-state index in [4.69, 9.17) is 5.11 Å². The van der Waals surface area contributed by atoms with Crippen LogP contribution in [0.1, 0.15) is 13.3 Å². The van der Waals surface area contributed by atoms with Crippen molar-refractivity contribution in [2.75, 3.05) is 13.6 Å². The summed E-state index contributed by atoms with van der Waals surface area (Å²) < 4.78 is 0. The zero-order chi connectivity index (χ0) is 7.72. The number of rotatable bonds is 1. The molecule has 1 rings (SSSR count). The number of ketones is 1. The summed E-state index contributed by atoms with van der Waals surface area (Å²) in [7, 11) is 1.86. The Morgan fingerprint density at radius 2 is 2.30 bits per heavy atom. The smallest absolute Gasteiger partial charge is 0.146 e. The van der Waals surface area contributed by atoms with Crippen molar-refractivity contribution in [3.8, 4) is 0 Å². The van der Waals surface area contributed by atoms with E-state index in [1.165, 1.54) is 0 Å². The molecule has 0 spiro atoms. The molecule has 0 saturated carbocycles. The lowest BCUT2D eigenvalue weighted by Crippen LogP contribution is -2.30. The number of β-amino-alcohol motifs (C(OH)–C–C–N with tert-alkyl or cyclic N) is 1. The third-order valence-electron chi connectivity index (χ3n) is 2.00. The van der Waals surface area contributed by atoms with Crippen LogP contribution in [0, 0.1) is 0 Å². The number of likely N-dealkylation sites (N-methyl/N-ethyl adjacent to an activating group) is 1. The molecule has 0 aromatic rings. The largest absolute Gasteiger partial charge is 0.392 e. The van der Waals surface area contributed by atoms with Crippen molar-refractivity contribution in [2.24, 2.45) is 0 Å². The number of Topliss-reactive ketones (excluding diaryl/α,β-unsaturated/α-hetero) is 1. The maximum Gasteiger partial charge on any atom is 0.146 e. The highest BCUT2D eigenvalue weighted by Gasteiger charge is 2.30. The highest BCUT2D eigenvalue weighted by Crippen LogP contribution is 2.15. The summed E-state index contributed by atoms with van der Waals surface area (Å²) in [5.74, 6) is 0.152. The van der Waals surface area contributed by atoms with Crippen LogP contribution >= 0.6 is 0 Å². The molecule has 10 heavy (non-hydrogen) atoms. The molecule has 1 heterocycles. The number of likely N-dealkylation sites (tertiary alicyclic amines) is 1. The molecule has 3 nitrogen and oxygen atoms in total. The summed E-state index contributed by atoms with van der Waals surface area (Å²) in [5, 5.41) is 9.12. The second-order valence-corrected chi connectivity index (χ2v) is 2.96. The van der Waals surface area contributed by atoms with Gasteiger partial charge in [0.1, 0.15) is 5.78 Å². The van der Waals surface area contributed by atoms with Gasteiger partial charge in [0.2, 0.25) is 0 Å². The van der Waals surface area contributed by atoms with E-state index in [1.807, 2.05) is 11.9 Å². The Kier molecular flexibility index (Phi) is 2.06. The summed E-state index contributed by atoms with van der Waals surface area (Å²) in [6.07, 6.45) is 0.296. The van der Waals surface area contributed by atoms with Gasteiger partial charge in [-0.1, -0.05) is 0 Å². The summed E-state index contributed by atoms with van der Waals surface area (Å²) in [6.45, 7) is 2.20. The monoisotopic (exact) mass is 143 g/mol. The van der Waals surface area contributed by atoms with Gasteiger partial charge in [0.05, 0.1) is 12.1 Å². The highest BCUT2D eigenvalue weighted by atomic mass is 16.3. The second-order valence-electron chi connectivity index (χ2n) is 2.96. The molecule has 0 amide bonds. The molecule has 0 aromatic heterocycles. The minimum Gasteiger partial charge on any atom is -0.392 e.